The zero-order valence-corrected chi connectivity index (χ0v) is 17.1. The highest BCUT2D eigenvalue weighted by molar-refractivity contribution is 7.67. The van der Waals surface area contributed by atoms with E-state index in [1.54, 1.807) is 0 Å². The Morgan fingerprint density at radius 1 is 0.704 bits per heavy atom. The van der Waals surface area contributed by atoms with Gasteiger partial charge in [-0.25, -0.2) is 0 Å². The van der Waals surface area contributed by atoms with Crippen LogP contribution < -0.4 is 0 Å². The molecule has 3 rings (SSSR count). The summed E-state index contributed by atoms with van der Waals surface area (Å²) in [6.45, 7) is 6.84. The molecule has 3 aromatic carbocycles. The molecule has 0 saturated carbocycles. The predicted octanol–water partition coefficient (Wildman–Crippen LogP) is 7.37. The second-order valence-electron chi connectivity index (χ2n) is 7.42. The maximum atomic E-state index is 3.58. The molecule has 134 valence electrons. The maximum Gasteiger partial charge on any atom is 0.0248 e. The van der Waals surface area contributed by atoms with E-state index in [2.05, 4.69) is 111 Å². The number of hydrogen-bond acceptors (Lipinski definition) is 0. The minimum Gasteiger partial charge on any atom is -0.0664 e. The molecule has 0 bridgehead atoms. The van der Waals surface area contributed by atoms with Crippen molar-refractivity contribution in [3.8, 4) is 11.6 Å². The highest BCUT2D eigenvalue weighted by Gasteiger charge is 2.22. The standard InChI is InChI=1S/C26H25P/c1-26(2,3)27(20-19-22-13-7-4-8-14-22)21-25(23-15-9-5-10-16-23)24-17-11-6-12-18-24/h4-18,21H,1-3H3. The van der Waals surface area contributed by atoms with Crippen molar-refractivity contribution < 1.29 is 0 Å². The lowest BCUT2D eigenvalue weighted by Gasteiger charge is -2.25. The summed E-state index contributed by atoms with van der Waals surface area (Å²) in [7, 11) is -0.635. The first-order chi connectivity index (χ1) is 13.0. The first-order valence-electron chi connectivity index (χ1n) is 9.23. The Morgan fingerprint density at radius 3 is 1.59 bits per heavy atom. The van der Waals surface area contributed by atoms with Crippen molar-refractivity contribution in [3.63, 3.8) is 0 Å². The van der Waals surface area contributed by atoms with Crippen molar-refractivity contribution in [2.75, 3.05) is 0 Å². The van der Waals surface area contributed by atoms with E-state index in [4.69, 9.17) is 0 Å². The molecule has 0 aliphatic carbocycles. The highest BCUT2D eigenvalue weighted by Crippen LogP contribution is 2.52. The summed E-state index contributed by atoms with van der Waals surface area (Å²) in [6, 6.07) is 31.5. The lowest BCUT2D eigenvalue weighted by atomic mass is 10.00. The molecule has 0 N–H and O–H groups in total. The Balaban J connectivity index is 2.08. The van der Waals surface area contributed by atoms with E-state index in [9.17, 15) is 0 Å². The smallest absolute Gasteiger partial charge is 0.0248 e. The van der Waals surface area contributed by atoms with Gasteiger partial charge in [0.25, 0.3) is 0 Å². The summed E-state index contributed by atoms with van der Waals surface area (Å²) in [5.41, 5.74) is 8.40. The highest BCUT2D eigenvalue weighted by atomic mass is 31.1. The Kier molecular flexibility index (Phi) is 6.28. The lowest BCUT2D eigenvalue weighted by Crippen LogP contribution is -2.09. The van der Waals surface area contributed by atoms with Gasteiger partial charge in [0.2, 0.25) is 0 Å². The summed E-state index contributed by atoms with van der Waals surface area (Å²) in [5.74, 6) is 5.79. The molecule has 0 fully saturated rings. The monoisotopic (exact) mass is 368 g/mol. The second-order valence-corrected chi connectivity index (χ2v) is 9.98. The molecule has 0 spiro atoms. The van der Waals surface area contributed by atoms with Crippen LogP contribution in [0.3, 0.4) is 0 Å². The van der Waals surface area contributed by atoms with Gasteiger partial charge in [0.05, 0.1) is 0 Å². The predicted molar refractivity (Wildman–Crippen MR) is 120 cm³/mol. The van der Waals surface area contributed by atoms with Crippen molar-refractivity contribution in [1.82, 2.24) is 0 Å². The van der Waals surface area contributed by atoms with Crippen molar-refractivity contribution >= 4 is 13.5 Å². The van der Waals surface area contributed by atoms with E-state index < -0.39 is 7.92 Å². The Labute approximate surface area is 164 Å². The Morgan fingerprint density at radius 2 is 1.15 bits per heavy atom. The molecular weight excluding hydrogens is 343 g/mol. The van der Waals surface area contributed by atoms with E-state index in [1.165, 1.54) is 16.7 Å². The molecular formula is C26H25P. The van der Waals surface area contributed by atoms with Gasteiger partial charge in [-0.3, -0.25) is 0 Å². The van der Waals surface area contributed by atoms with Crippen molar-refractivity contribution in [2.24, 2.45) is 0 Å². The average Bonchev–Trinajstić information content (AvgIpc) is 2.69. The van der Waals surface area contributed by atoms with Gasteiger partial charge < -0.3 is 0 Å². The van der Waals surface area contributed by atoms with Gasteiger partial charge >= 0.3 is 0 Å². The van der Waals surface area contributed by atoms with Gasteiger partial charge in [-0.1, -0.05) is 111 Å². The largest absolute Gasteiger partial charge is 0.0664 e. The van der Waals surface area contributed by atoms with Crippen molar-refractivity contribution in [2.45, 2.75) is 25.9 Å². The van der Waals surface area contributed by atoms with Gasteiger partial charge in [-0.15, -0.1) is 0 Å². The van der Waals surface area contributed by atoms with Crippen LogP contribution in [0.25, 0.3) is 5.57 Å². The maximum absolute atomic E-state index is 3.58. The lowest BCUT2D eigenvalue weighted by molar-refractivity contribution is 0.793. The number of benzene rings is 3. The topological polar surface area (TPSA) is 0 Å². The third-order valence-corrected chi connectivity index (χ3v) is 6.56. The zero-order chi connectivity index (χ0) is 19.1. The molecule has 0 aliphatic heterocycles. The van der Waals surface area contributed by atoms with Gasteiger partial charge in [-0.05, 0) is 39.8 Å². The molecule has 0 heterocycles. The van der Waals surface area contributed by atoms with Gasteiger partial charge in [-0.2, -0.15) is 0 Å². The molecule has 0 amide bonds. The van der Waals surface area contributed by atoms with Gasteiger partial charge in [0, 0.05) is 13.5 Å². The molecule has 1 heteroatoms. The minimum absolute atomic E-state index is 0.103. The zero-order valence-electron chi connectivity index (χ0n) is 16.2. The second kappa shape index (κ2) is 8.85. The summed E-state index contributed by atoms with van der Waals surface area (Å²) >= 11 is 0. The average molecular weight is 368 g/mol. The molecule has 0 nitrogen and oxygen atoms in total. The van der Waals surface area contributed by atoms with E-state index in [0.29, 0.717) is 0 Å². The van der Waals surface area contributed by atoms with Gasteiger partial charge in [0.15, 0.2) is 0 Å². The fourth-order valence-electron chi connectivity index (χ4n) is 2.72. The SMILES string of the molecule is CC(C)(C)P(C#Cc1ccccc1)C=C(c1ccccc1)c1ccccc1. The molecule has 0 radical (unpaired) electrons. The molecule has 0 aromatic heterocycles. The van der Waals surface area contributed by atoms with Crippen molar-refractivity contribution in [1.29, 1.82) is 0 Å². The van der Waals surface area contributed by atoms with Crippen LogP contribution in [0.15, 0.2) is 96.8 Å². The van der Waals surface area contributed by atoms with E-state index >= 15 is 0 Å². The van der Waals surface area contributed by atoms with Crippen molar-refractivity contribution in [3.05, 3.63) is 114 Å². The van der Waals surface area contributed by atoms with Crippen LogP contribution in [-0.2, 0) is 0 Å². The number of rotatable bonds is 3. The third-order valence-electron chi connectivity index (χ3n) is 4.24. The first-order valence-corrected chi connectivity index (χ1v) is 10.6. The Hall–Kier alpha value is -2.61. The molecule has 0 saturated heterocycles. The van der Waals surface area contributed by atoms with Crippen LogP contribution in [0.1, 0.15) is 37.5 Å². The van der Waals surface area contributed by atoms with Crippen LogP contribution in [-0.4, -0.2) is 5.16 Å². The molecule has 27 heavy (non-hydrogen) atoms. The molecule has 0 aliphatic rings. The first kappa shape index (κ1) is 19.2. The molecule has 1 unspecified atom stereocenters. The van der Waals surface area contributed by atoms with Crippen LogP contribution >= 0.6 is 7.92 Å². The van der Waals surface area contributed by atoms with E-state index in [0.717, 1.165) is 5.56 Å². The summed E-state index contributed by atoms with van der Waals surface area (Å²) < 4.78 is 0. The minimum atomic E-state index is -0.635. The van der Waals surface area contributed by atoms with Crippen LogP contribution in [0.4, 0.5) is 0 Å². The van der Waals surface area contributed by atoms with Crippen LogP contribution in [0.5, 0.6) is 0 Å². The normalized spacial score (nSPS) is 11.8. The Bertz CT molecular complexity index is 896. The fraction of sp³-hybridized carbons (Fsp3) is 0.154. The molecule has 1 atom stereocenters. The number of hydrogen-bond donors (Lipinski definition) is 0. The summed E-state index contributed by atoms with van der Waals surface area (Å²) in [5, 5.41) is 0.103. The van der Waals surface area contributed by atoms with Crippen LogP contribution in [0, 0.1) is 11.6 Å². The van der Waals surface area contributed by atoms with Gasteiger partial charge in [0.1, 0.15) is 0 Å². The third kappa shape index (κ3) is 5.43. The summed E-state index contributed by atoms with van der Waals surface area (Å²) in [6.07, 6.45) is 0. The van der Waals surface area contributed by atoms with E-state index in [1.807, 2.05) is 18.2 Å². The fourth-order valence-corrected chi connectivity index (χ4v) is 4.31. The van der Waals surface area contributed by atoms with Crippen LogP contribution in [0.2, 0.25) is 0 Å². The molecule has 3 aromatic rings. The summed E-state index contributed by atoms with van der Waals surface area (Å²) in [4.78, 5) is 0. The van der Waals surface area contributed by atoms with E-state index in [-0.39, 0.29) is 5.16 Å². The quantitative estimate of drug-likeness (QED) is 0.334.